The van der Waals surface area contributed by atoms with Crippen molar-refractivity contribution in [1.29, 1.82) is 0 Å². The molecule has 3 aromatic rings. The van der Waals surface area contributed by atoms with Crippen molar-refractivity contribution in [1.82, 2.24) is 19.2 Å². The maximum atomic E-state index is 12.5. The predicted molar refractivity (Wildman–Crippen MR) is 126 cm³/mol. The van der Waals surface area contributed by atoms with Gasteiger partial charge in [-0.1, -0.05) is 0 Å². The number of ether oxygens (including phenoxy) is 1. The highest BCUT2D eigenvalue weighted by Crippen LogP contribution is 2.15. The van der Waals surface area contributed by atoms with Gasteiger partial charge in [-0.05, 0) is 48.7 Å². The van der Waals surface area contributed by atoms with Crippen molar-refractivity contribution in [2.24, 2.45) is 0 Å². The van der Waals surface area contributed by atoms with Gasteiger partial charge in [0.05, 0.1) is 29.8 Å². The van der Waals surface area contributed by atoms with E-state index in [2.05, 4.69) is 19.9 Å². The van der Waals surface area contributed by atoms with Crippen molar-refractivity contribution >= 4 is 43.2 Å². The maximum absolute atomic E-state index is 12.5. The van der Waals surface area contributed by atoms with Crippen molar-refractivity contribution in [3.8, 4) is 0 Å². The van der Waals surface area contributed by atoms with Crippen molar-refractivity contribution in [3.05, 3.63) is 52.4 Å². The van der Waals surface area contributed by atoms with E-state index in [1.54, 1.807) is 11.4 Å². The van der Waals surface area contributed by atoms with E-state index >= 15 is 0 Å². The number of morpholine rings is 1. The van der Waals surface area contributed by atoms with Gasteiger partial charge in [-0.3, -0.25) is 19.1 Å². The number of benzene rings is 1. The van der Waals surface area contributed by atoms with Crippen molar-refractivity contribution < 1.29 is 17.9 Å². The highest BCUT2D eigenvalue weighted by molar-refractivity contribution is 7.89. The Morgan fingerprint density at radius 2 is 1.91 bits per heavy atom. The molecule has 0 aliphatic carbocycles. The van der Waals surface area contributed by atoms with Crippen LogP contribution < -0.4 is 15.6 Å². The van der Waals surface area contributed by atoms with E-state index < -0.39 is 15.9 Å². The second-order valence-electron chi connectivity index (χ2n) is 7.59. The average molecular weight is 492 g/mol. The summed E-state index contributed by atoms with van der Waals surface area (Å²) in [6, 6.07) is 7.59. The molecule has 1 aliphatic heterocycles. The molecule has 2 N–H and O–H groups in total. The molecule has 33 heavy (non-hydrogen) atoms. The first-order valence-corrected chi connectivity index (χ1v) is 12.9. The third-order valence-corrected chi connectivity index (χ3v) is 7.56. The second kappa shape index (κ2) is 10.5. The topological polar surface area (TPSA) is 123 Å². The van der Waals surface area contributed by atoms with Gasteiger partial charge >= 0.3 is 0 Å². The molecular weight excluding hydrogens is 466 g/mol. The summed E-state index contributed by atoms with van der Waals surface area (Å²) in [6.45, 7) is 4.13. The summed E-state index contributed by atoms with van der Waals surface area (Å²) < 4.78 is 34.2. The second-order valence-corrected chi connectivity index (χ2v) is 10.3. The van der Waals surface area contributed by atoms with Crippen LogP contribution in [0.4, 0.5) is 5.69 Å². The van der Waals surface area contributed by atoms with Gasteiger partial charge in [0.15, 0.2) is 0 Å². The lowest BCUT2D eigenvalue weighted by molar-refractivity contribution is -0.116. The van der Waals surface area contributed by atoms with Crippen molar-refractivity contribution in [2.45, 2.75) is 17.9 Å². The molecule has 0 radical (unpaired) electrons. The van der Waals surface area contributed by atoms with E-state index in [0.717, 1.165) is 19.6 Å². The number of anilines is 1. The molecule has 0 unspecified atom stereocenters. The third kappa shape index (κ3) is 6.03. The number of nitrogens with zero attached hydrogens (tertiary/aromatic N) is 3. The number of fused-ring (bicyclic) bond motifs is 1. The first kappa shape index (κ1) is 23.5. The first-order chi connectivity index (χ1) is 15.9. The molecule has 1 aliphatic rings. The fraction of sp³-hybridized carbons (Fsp3) is 0.381. The van der Waals surface area contributed by atoms with Gasteiger partial charge in [0.1, 0.15) is 11.4 Å². The maximum Gasteiger partial charge on any atom is 0.262 e. The fourth-order valence-electron chi connectivity index (χ4n) is 3.50. The molecule has 0 spiro atoms. The number of carbonyl (C=O) groups is 1. The molecule has 1 amide bonds. The van der Waals surface area contributed by atoms with Crippen LogP contribution in [0.5, 0.6) is 0 Å². The Morgan fingerprint density at radius 1 is 1.15 bits per heavy atom. The molecular formula is C21H25N5O5S2. The number of nitrogens with one attached hydrogen (secondary N) is 2. The standard InChI is InChI=1S/C21H25N5O5S2/c27-19(14-26-15-22-20-18(21(26)28)6-13-32-20)24-16-2-4-17(5-3-16)33(29,30)23-7-1-8-25-9-11-31-12-10-25/h2-6,13,15,23H,1,7-12,14H2,(H,24,27). The van der Waals surface area contributed by atoms with Crippen LogP contribution in [0.3, 0.4) is 0 Å². The lowest BCUT2D eigenvalue weighted by Crippen LogP contribution is -2.38. The zero-order chi connectivity index (χ0) is 23.3. The predicted octanol–water partition coefficient (Wildman–Crippen LogP) is 1.10. The quantitative estimate of drug-likeness (QED) is 0.430. The molecule has 0 atom stereocenters. The highest BCUT2D eigenvalue weighted by atomic mass is 32.2. The molecule has 0 saturated carbocycles. The summed E-state index contributed by atoms with van der Waals surface area (Å²) in [5, 5.41) is 4.92. The minimum Gasteiger partial charge on any atom is -0.379 e. The summed E-state index contributed by atoms with van der Waals surface area (Å²) in [7, 11) is -3.64. The Bertz CT molecular complexity index is 1260. The molecule has 176 valence electrons. The summed E-state index contributed by atoms with van der Waals surface area (Å²) >= 11 is 1.36. The van der Waals surface area contributed by atoms with E-state index in [1.165, 1.54) is 46.5 Å². The number of hydrogen-bond acceptors (Lipinski definition) is 8. The van der Waals surface area contributed by atoms with Gasteiger partial charge in [0.25, 0.3) is 5.56 Å². The SMILES string of the molecule is O=C(Cn1cnc2sccc2c1=O)Nc1ccc(S(=O)(=O)NCCCN2CCOCC2)cc1. The molecule has 10 nitrogen and oxygen atoms in total. The van der Waals surface area contributed by atoms with Gasteiger partial charge in [-0.2, -0.15) is 0 Å². The van der Waals surface area contributed by atoms with Crippen LogP contribution in [-0.2, 0) is 26.1 Å². The Balaban J connectivity index is 1.29. The van der Waals surface area contributed by atoms with E-state index in [4.69, 9.17) is 4.74 Å². The number of sulfonamides is 1. The number of hydrogen-bond donors (Lipinski definition) is 2. The van der Waals surface area contributed by atoms with Gasteiger partial charge in [0, 0.05) is 25.3 Å². The molecule has 3 heterocycles. The van der Waals surface area contributed by atoms with Crippen molar-refractivity contribution in [3.63, 3.8) is 0 Å². The zero-order valence-electron chi connectivity index (χ0n) is 17.9. The first-order valence-electron chi connectivity index (χ1n) is 10.5. The largest absolute Gasteiger partial charge is 0.379 e. The summed E-state index contributed by atoms with van der Waals surface area (Å²) in [4.78, 5) is 31.9. The lowest BCUT2D eigenvalue weighted by Gasteiger charge is -2.26. The number of amides is 1. The van der Waals surface area contributed by atoms with Crippen LogP contribution in [0.1, 0.15) is 6.42 Å². The molecule has 0 bridgehead atoms. The van der Waals surface area contributed by atoms with Crippen LogP contribution in [0, 0.1) is 0 Å². The van der Waals surface area contributed by atoms with Gasteiger partial charge < -0.3 is 10.1 Å². The number of thiophene rings is 1. The van der Waals surface area contributed by atoms with E-state index in [0.29, 0.717) is 42.1 Å². The minimum absolute atomic E-state index is 0.121. The van der Waals surface area contributed by atoms with E-state index in [-0.39, 0.29) is 17.0 Å². The molecule has 2 aromatic heterocycles. The van der Waals surface area contributed by atoms with E-state index in [1.807, 2.05) is 0 Å². The Kier molecular flexibility index (Phi) is 7.50. The van der Waals surface area contributed by atoms with Crippen molar-refractivity contribution in [2.75, 3.05) is 44.7 Å². The Labute approximate surface area is 195 Å². The number of aromatic nitrogens is 2. The van der Waals surface area contributed by atoms with Gasteiger partial charge in [-0.15, -0.1) is 11.3 Å². The highest BCUT2D eigenvalue weighted by Gasteiger charge is 2.15. The van der Waals surface area contributed by atoms with Gasteiger partial charge in [-0.25, -0.2) is 18.1 Å². The zero-order valence-corrected chi connectivity index (χ0v) is 19.5. The summed E-state index contributed by atoms with van der Waals surface area (Å²) in [5.41, 5.74) is 0.154. The molecule has 4 rings (SSSR count). The van der Waals surface area contributed by atoms with Crippen LogP contribution in [-0.4, -0.2) is 68.2 Å². The minimum atomic E-state index is -3.64. The average Bonchev–Trinajstić information content (AvgIpc) is 3.29. The monoisotopic (exact) mass is 491 g/mol. The van der Waals surface area contributed by atoms with Gasteiger partial charge in [0.2, 0.25) is 15.9 Å². The molecule has 1 fully saturated rings. The van der Waals surface area contributed by atoms with Crippen LogP contribution in [0.25, 0.3) is 10.2 Å². The molecule has 12 heteroatoms. The lowest BCUT2D eigenvalue weighted by atomic mass is 10.3. The van der Waals surface area contributed by atoms with Crippen LogP contribution in [0.2, 0.25) is 0 Å². The Morgan fingerprint density at radius 3 is 2.67 bits per heavy atom. The number of rotatable bonds is 9. The smallest absolute Gasteiger partial charge is 0.262 e. The summed E-state index contributed by atoms with van der Waals surface area (Å²) in [5.74, 6) is -0.412. The normalized spacial score (nSPS) is 15.0. The third-order valence-electron chi connectivity index (χ3n) is 5.26. The molecule has 1 saturated heterocycles. The van der Waals surface area contributed by atoms with Crippen LogP contribution in [0.15, 0.2) is 51.7 Å². The Hall–Kier alpha value is -2.64. The van der Waals surface area contributed by atoms with E-state index in [9.17, 15) is 18.0 Å². The van der Waals surface area contributed by atoms with Crippen LogP contribution >= 0.6 is 11.3 Å². The number of carbonyl (C=O) groups excluding carboxylic acids is 1. The fourth-order valence-corrected chi connectivity index (χ4v) is 5.29. The summed E-state index contributed by atoms with van der Waals surface area (Å²) in [6.07, 6.45) is 2.06. The molecule has 1 aromatic carbocycles.